The summed E-state index contributed by atoms with van der Waals surface area (Å²) in [5.74, 6) is -0.877. The van der Waals surface area contributed by atoms with Crippen molar-refractivity contribution >= 4 is 11.8 Å². The number of aliphatic hydroxyl groups is 1. The lowest BCUT2D eigenvalue weighted by Crippen LogP contribution is -2.38. The van der Waals surface area contributed by atoms with Crippen LogP contribution in [0.1, 0.15) is 13.8 Å². The van der Waals surface area contributed by atoms with Gasteiger partial charge in [0.15, 0.2) is 6.23 Å². The van der Waals surface area contributed by atoms with Gasteiger partial charge in [-0.15, -0.1) is 0 Å². The third-order valence-electron chi connectivity index (χ3n) is 1.58. The van der Waals surface area contributed by atoms with Crippen LogP contribution < -0.4 is 0 Å². The SMILES string of the molecule is CC(=O)N1C(=O)C=C(C)[C@@H]1O. The Labute approximate surface area is 64.1 Å². The molecule has 0 aliphatic carbocycles. The molecule has 11 heavy (non-hydrogen) atoms. The highest BCUT2D eigenvalue weighted by Crippen LogP contribution is 2.16. The summed E-state index contributed by atoms with van der Waals surface area (Å²) in [7, 11) is 0. The zero-order valence-electron chi connectivity index (χ0n) is 6.37. The number of hydrogen-bond donors (Lipinski definition) is 1. The van der Waals surface area contributed by atoms with Crippen molar-refractivity contribution in [1.29, 1.82) is 0 Å². The van der Waals surface area contributed by atoms with Gasteiger partial charge in [0.05, 0.1) is 0 Å². The predicted molar refractivity (Wildman–Crippen MR) is 37.3 cm³/mol. The van der Waals surface area contributed by atoms with Gasteiger partial charge in [0.1, 0.15) is 0 Å². The number of nitrogens with zero attached hydrogens (tertiary/aromatic N) is 1. The maximum atomic E-state index is 10.9. The predicted octanol–water partition coefficient (Wildman–Crippen LogP) is -0.360. The van der Waals surface area contributed by atoms with Gasteiger partial charge in [0.2, 0.25) is 5.91 Å². The monoisotopic (exact) mass is 155 g/mol. The third-order valence-corrected chi connectivity index (χ3v) is 1.58. The Bertz CT molecular complexity index is 244. The highest BCUT2D eigenvalue weighted by atomic mass is 16.3. The number of hydrogen-bond acceptors (Lipinski definition) is 3. The number of aliphatic hydroxyl groups excluding tert-OH is 1. The fraction of sp³-hybridized carbons (Fsp3) is 0.429. The first kappa shape index (κ1) is 7.94. The second-order valence-corrected chi connectivity index (χ2v) is 2.49. The van der Waals surface area contributed by atoms with Crippen LogP contribution in [-0.2, 0) is 9.59 Å². The van der Waals surface area contributed by atoms with Gasteiger partial charge >= 0.3 is 0 Å². The Hall–Kier alpha value is -1.16. The molecule has 1 rings (SSSR count). The lowest BCUT2D eigenvalue weighted by Gasteiger charge is -2.17. The molecular weight excluding hydrogens is 146 g/mol. The van der Waals surface area contributed by atoms with E-state index in [-0.39, 0.29) is 0 Å². The summed E-state index contributed by atoms with van der Waals surface area (Å²) in [4.78, 5) is 22.4. The first-order chi connectivity index (χ1) is 5.04. The molecular formula is C7H9NO3. The molecule has 0 aromatic carbocycles. The maximum Gasteiger partial charge on any atom is 0.255 e. The molecule has 0 unspecified atom stereocenters. The van der Waals surface area contributed by atoms with E-state index in [1.165, 1.54) is 13.0 Å². The molecule has 0 aromatic rings. The molecule has 0 fully saturated rings. The lowest BCUT2D eigenvalue weighted by atomic mass is 10.3. The number of imide groups is 1. The Kier molecular flexibility index (Phi) is 1.78. The minimum absolute atomic E-state index is 0.435. The number of carbonyl (C=O) groups is 2. The number of carbonyl (C=O) groups excluding carboxylic acids is 2. The van der Waals surface area contributed by atoms with Crippen LogP contribution in [0, 0.1) is 0 Å². The summed E-state index contributed by atoms with van der Waals surface area (Å²) in [6.07, 6.45) is 0.200. The molecule has 0 saturated heterocycles. The van der Waals surface area contributed by atoms with E-state index in [0.717, 1.165) is 4.90 Å². The van der Waals surface area contributed by atoms with Gasteiger partial charge in [-0.1, -0.05) is 0 Å². The number of amides is 2. The lowest BCUT2D eigenvalue weighted by molar-refractivity contribution is -0.147. The first-order valence-corrected chi connectivity index (χ1v) is 3.24. The van der Waals surface area contributed by atoms with E-state index in [1.54, 1.807) is 6.92 Å². The zero-order valence-corrected chi connectivity index (χ0v) is 6.37. The first-order valence-electron chi connectivity index (χ1n) is 3.24. The van der Waals surface area contributed by atoms with Crippen LogP contribution in [0.3, 0.4) is 0 Å². The largest absolute Gasteiger partial charge is 0.369 e. The summed E-state index contributed by atoms with van der Waals surface area (Å²) in [6, 6.07) is 0. The molecule has 1 heterocycles. The summed E-state index contributed by atoms with van der Waals surface area (Å²) in [6.45, 7) is 2.85. The molecule has 0 spiro atoms. The molecule has 1 atom stereocenters. The van der Waals surface area contributed by atoms with Crippen LogP contribution in [0.15, 0.2) is 11.6 Å². The van der Waals surface area contributed by atoms with E-state index in [2.05, 4.69) is 0 Å². The van der Waals surface area contributed by atoms with Gasteiger partial charge in [-0.3, -0.25) is 9.59 Å². The molecule has 1 aliphatic heterocycles. The van der Waals surface area contributed by atoms with Crippen LogP contribution in [0.4, 0.5) is 0 Å². The Balaban J connectivity index is 2.89. The molecule has 0 bridgehead atoms. The molecule has 0 radical (unpaired) electrons. The normalized spacial score (nSPS) is 23.9. The van der Waals surface area contributed by atoms with Crippen molar-refractivity contribution in [2.24, 2.45) is 0 Å². The smallest absolute Gasteiger partial charge is 0.255 e. The Morgan fingerprint density at radius 3 is 2.45 bits per heavy atom. The summed E-state index contributed by atoms with van der Waals surface area (Å²) in [5.41, 5.74) is 0.505. The van der Waals surface area contributed by atoms with Gasteiger partial charge < -0.3 is 5.11 Å². The quantitative estimate of drug-likeness (QED) is 0.519. The van der Waals surface area contributed by atoms with Gasteiger partial charge in [-0.25, -0.2) is 4.90 Å². The van der Waals surface area contributed by atoms with E-state index < -0.39 is 18.0 Å². The van der Waals surface area contributed by atoms with Crippen molar-refractivity contribution in [3.63, 3.8) is 0 Å². The molecule has 0 aromatic heterocycles. The van der Waals surface area contributed by atoms with E-state index in [4.69, 9.17) is 0 Å². The fourth-order valence-electron chi connectivity index (χ4n) is 0.990. The van der Waals surface area contributed by atoms with Crippen molar-refractivity contribution in [3.8, 4) is 0 Å². The van der Waals surface area contributed by atoms with Crippen molar-refractivity contribution in [1.82, 2.24) is 4.90 Å². The van der Waals surface area contributed by atoms with Crippen LogP contribution in [0.5, 0.6) is 0 Å². The standard InChI is InChI=1S/C7H9NO3/c1-4-3-6(10)8(5(2)9)7(4)11/h3,7,11H,1-2H3/t7-/m0/s1. The van der Waals surface area contributed by atoms with Crippen LogP contribution in [-0.4, -0.2) is 28.0 Å². The maximum absolute atomic E-state index is 10.9. The highest BCUT2D eigenvalue weighted by Gasteiger charge is 2.31. The molecule has 2 amide bonds. The van der Waals surface area contributed by atoms with Crippen molar-refractivity contribution in [3.05, 3.63) is 11.6 Å². The van der Waals surface area contributed by atoms with E-state index in [1.807, 2.05) is 0 Å². The van der Waals surface area contributed by atoms with E-state index >= 15 is 0 Å². The molecule has 60 valence electrons. The van der Waals surface area contributed by atoms with Crippen LogP contribution >= 0.6 is 0 Å². The van der Waals surface area contributed by atoms with Gasteiger partial charge in [-0.2, -0.15) is 0 Å². The average Bonchev–Trinajstić information content (AvgIpc) is 2.07. The fourth-order valence-corrected chi connectivity index (χ4v) is 0.990. The van der Waals surface area contributed by atoms with Crippen molar-refractivity contribution in [2.75, 3.05) is 0 Å². The van der Waals surface area contributed by atoms with E-state index in [9.17, 15) is 14.7 Å². The molecule has 0 saturated carbocycles. The second-order valence-electron chi connectivity index (χ2n) is 2.49. The minimum Gasteiger partial charge on any atom is -0.369 e. The molecule has 1 aliphatic rings. The van der Waals surface area contributed by atoms with Crippen molar-refractivity contribution < 1.29 is 14.7 Å². The molecule has 1 N–H and O–H groups in total. The zero-order chi connectivity index (χ0) is 8.59. The third kappa shape index (κ3) is 1.17. The van der Waals surface area contributed by atoms with Crippen molar-refractivity contribution in [2.45, 2.75) is 20.1 Å². The van der Waals surface area contributed by atoms with Crippen LogP contribution in [0.25, 0.3) is 0 Å². The van der Waals surface area contributed by atoms with Gasteiger partial charge in [0, 0.05) is 13.0 Å². The Morgan fingerprint density at radius 2 is 2.27 bits per heavy atom. The van der Waals surface area contributed by atoms with Crippen LogP contribution in [0.2, 0.25) is 0 Å². The topological polar surface area (TPSA) is 57.6 Å². The van der Waals surface area contributed by atoms with E-state index in [0.29, 0.717) is 5.57 Å². The van der Waals surface area contributed by atoms with Gasteiger partial charge in [-0.05, 0) is 12.5 Å². The summed E-state index contributed by atoms with van der Waals surface area (Å²) >= 11 is 0. The molecule has 4 heteroatoms. The minimum atomic E-state index is -1.06. The number of rotatable bonds is 0. The molecule has 4 nitrogen and oxygen atoms in total. The Morgan fingerprint density at radius 1 is 1.73 bits per heavy atom. The second kappa shape index (κ2) is 2.47. The van der Waals surface area contributed by atoms with Gasteiger partial charge in [0.25, 0.3) is 5.91 Å². The summed E-state index contributed by atoms with van der Waals surface area (Å²) < 4.78 is 0. The summed E-state index contributed by atoms with van der Waals surface area (Å²) in [5, 5.41) is 9.21. The average molecular weight is 155 g/mol. The highest BCUT2D eigenvalue weighted by molar-refractivity contribution is 6.03.